The van der Waals surface area contributed by atoms with Crippen LogP contribution in [-0.2, 0) is 14.3 Å². The Hall–Kier alpha value is -2.71. The van der Waals surface area contributed by atoms with Gasteiger partial charge in [0.25, 0.3) is 0 Å². The van der Waals surface area contributed by atoms with E-state index < -0.39 is 42.0 Å². The number of carboxylic acids is 1. The number of amides is 1. The van der Waals surface area contributed by atoms with E-state index in [0.29, 0.717) is 11.4 Å². The zero-order chi connectivity index (χ0) is 22.8. The van der Waals surface area contributed by atoms with Crippen LogP contribution >= 0.6 is 11.6 Å². The monoisotopic (exact) mass is 453 g/mol. The van der Waals surface area contributed by atoms with E-state index in [-0.39, 0.29) is 23.6 Å². The fourth-order valence-corrected chi connectivity index (χ4v) is 3.97. The lowest BCUT2D eigenvalue weighted by Crippen LogP contribution is -2.50. The van der Waals surface area contributed by atoms with Crippen molar-refractivity contribution in [3.05, 3.63) is 64.2 Å². The summed E-state index contributed by atoms with van der Waals surface area (Å²) < 4.78 is 39.3. The molecule has 0 radical (unpaired) electrons. The highest BCUT2D eigenvalue weighted by Crippen LogP contribution is 2.46. The van der Waals surface area contributed by atoms with E-state index in [4.69, 9.17) is 26.2 Å². The minimum absolute atomic E-state index is 0.131. The Morgan fingerprint density at radius 1 is 1.19 bits per heavy atom. The summed E-state index contributed by atoms with van der Waals surface area (Å²) in [5, 5.41) is 12.4. The number of carboxylic acid groups (broad SMARTS) is 1. The van der Waals surface area contributed by atoms with Gasteiger partial charge in [0.15, 0.2) is 18.2 Å². The Bertz CT molecular complexity index is 985. The second-order valence-corrected chi connectivity index (χ2v) is 8.24. The van der Waals surface area contributed by atoms with E-state index >= 15 is 0 Å². The molecule has 2 aromatic rings. The van der Waals surface area contributed by atoms with Crippen molar-refractivity contribution < 1.29 is 33.0 Å². The lowest BCUT2D eigenvalue weighted by molar-refractivity contribution is -0.139. The van der Waals surface area contributed by atoms with E-state index in [1.54, 1.807) is 24.3 Å². The molecule has 1 saturated heterocycles. The summed E-state index contributed by atoms with van der Waals surface area (Å²) in [6.07, 6.45) is -0.622. The van der Waals surface area contributed by atoms with Gasteiger partial charge < -0.3 is 19.9 Å². The molecule has 31 heavy (non-hydrogen) atoms. The van der Waals surface area contributed by atoms with Crippen LogP contribution in [0.4, 0.5) is 8.78 Å². The Kier molecular flexibility index (Phi) is 6.81. The highest BCUT2D eigenvalue weighted by Gasteiger charge is 2.41. The Labute approximate surface area is 183 Å². The molecule has 3 atom stereocenters. The van der Waals surface area contributed by atoms with Crippen LogP contribution < -0.4 is 10.1 Å². The van der Waals surface area contributed by atoms with Gasteiger partial charge in [-0.2, -0.15) is 0 Å². The summed E-state index contributed by atoms with van der Waals surface area (Å²) in [6.45, 7) is 2.50. The Morgan fingerprint density at radius 2 is 1.81 bits per heavy atom. The molecule has 2 aromatic carbocycles. The van der Waals surface area contributed by atoms with Crippen LogP contribution in [0, 0.1) is 11.6 Å². The first-order valence-corrected chi connectivity index (χ1v) is 9.97. The van der Waals surface area contributed by atoms with E-state index in [0.717, 1.165) is 17.7 Å². The summed E-state index contributed by atoms with van der Waals surface area (Å²) in [5.41, 5.74) is 0.227. The van der Waals surface area contributed by atoms with Gasteiger partial charge in [-0.25, -0.2) is 13.6 Å². The van der Waals surface area contributed by atoms with Crippen LogP contribution in [0.3, 0.4) is 0 Å². The van der Waals surface area contributed by atoms with Gasteiger partial charge >= 0.3 is 5.97 Å². The molecule has 9 heteroatoms. The summed E-state index contributed by atoms with van der Waals surface area (Å²) in [5.74, 6) is -3.92. The highest BCUT2D eigenvalue weighted by molar-refractivity contribution is 6.30. The van der Waals surface area contributed by atoms with Gasteiger partial charge in [0.2, 0.25) is 5.91 Å². The average Bonchev–Trinajstić information content (AvgIpc) is 2.67. The predicted octanol–water partition coefficient (Wildman–Crippen LogP) is 4.57. The van der Waals surface area contributed by atoms with Crippen molar-refractivity contribution in [3.8, 4) is 5.75 Å². The van der Waals surface area contributed by atoms with Crippen LogP contribution in [0.2, 0.25) is 5.02 Å². The maximum atomic E-state index is 14.1. The first-order valence-electron chi connectivity index (χ1n) is 9.59. The summed E-state index contributed by atoms with van der Waals surface area (Å²) in [4.78, 5) is 22.7. The number of hydrogen-bond donors (Lipinski definition) is 2. The number of rotatable bonds is 6. The molecule has 6 nitrogen and oxygen atoms in total. The molecule has 3 rings (SSSR count). The van der Waals surface area contributed by atoms with Crippen LogP contribution in [0.1, 0.15) is 50.0 Å². The largest absolute Gasteiger partial charge is 0.481 e. The first kappa shape index (κ1) is 23.0. The maximum absolute atomic E-state index is 14.1. The van der Waals surface area contributed by atoms with Gasteiger partial charge in [0.05, 0.1) is 12.2 Å². The molecule has 1 aliphatic rings. The van der Waals surface area contributed by atoms with Gasteiger partial charge in [-0.05, 0) is 30.7 Å². The SMILES string of the molecule is CC(=O)N[C@@]1(C)C[C@@H](c2ccc(Cl)cc2)O[C@@H](c2cc(F)c(F)cc2OCC(=O)O)C1. The zero-order valence-corrected chi connectivity index (χ0v) is 17.7. The minimum Gasteiger partial charge on any atom is -0.481 e. The number of nitrogens with one attached hydrogen (secondary N) is 1. The van der Waals surface area contributed by atoms with Gasteiger partial charge in [0, 0.05) is 42.0 Å². The topological polar surface area (TPSA) is 84.9 Å². The molecule has 0 aliphatic carbocycles. The van der Waals surface area contributed by atoms with E-state index in [1.165, 1.54) is 6.92 Å². The molecule has 0 bridgehead atoms. The number of benzene rings is 2. The van der Waals surface area contributed by atoms with Gasteiger partial charge in [-0.1, -0.05) is 23.7 Å². The third-order valence-corrected chi connectivity index (χ3v) is 5.32. The number of hydrogen-bond acceptors (Lipinski definition) is 4. The summed E-state index contributed by atoms with van der Waals surface area (Å²) >= 11 is 5.97. The minimum atomic E-state index is -1.26. The van der Waals surface area contributed by atoms with Crippen molar-refractivity contribution in [1.29, 1.82) is 0 Å². The summed E-state index contributed by atoms with van der Waals surface area (Å²) in [7, 11) is 0. The Morgan fingerprint density at radius 3 is 2.42 bits per heavy atom. The number of carbonyl (C=O) groups is 2. The van der Waals surface area contributed by atoms with Crippen LogP contribution in [-0.4, -0.2) is 29.1 Å². The number of carbonyl (C=O) groups excluding carboxylic acids is 1. The second kappa shape index (κ2) is 9.20. The van der Waals surface area contributed by atoms with Gasteiger partial charge in [0.1, 0.15) is 5.75 Å². The van der Waals surface area contributed by atoms with E-state index in [9.17, 15) is 18.4 Å². The van der Waals surface area contributed by atoms with Crippen LogP contribution in [0.5, 0.6) is 5.75 Å². The Balaban J connectivity index is 2.01. The maximum Gasteiger partial charge on any atom is 0.341 e. The highest BCUT2D eigenvalue weighted by atomic mass is 35.5. The van der Waals surface area contributed by atoms with Crippen molar-refractivity contribution in [2.45, 2.75) is 44.4 Å². The molecule has 1 aliphatic heterocycles. The van der Waals surface area contributed by atoms with E-state index in [1.807, 2.05) is 6.92 Å². The zero-order valence-electron chi connectivity index (χ0n) is 17.0. The van der Waals surface area contributed by atoms with Crippen molar-refractivity contribution >= 4 is 23.5 Å². The van der Waals surface area contributed by atoms with E-state index in [2.05, 4.69) is 5.32 Å². The lowest BCUT2D eigenvalue weighted by atomic mass is 9.81. The fourth-order valence-electron chi connectivity index (χ4n) is 3.84. The standard InChI is InChI=1S/C22H22ClF2NO5/c1-12(27)26-22(2)9-19(13-3-5-14(23)6-4-13)31-20(10-22)15-7-16(24)17(25)8-18(15)30-11-21(28)29/h3-8,19-20H,9-11H2,1-2H3,(H,26,27)(H,28,29)/t19-,20+,22-/m0/s1. The smallest absolute Gasteiger partial charge is 0.341 e. The molecular formula is C22H22ClF2NO5. The van der Waals surface area contributed by atoms with Gasteiger partial charge in [-0.3, -0.25) is 4.79 Å². The molecule has 0 saturated carbocycles. The molecule has 166 valence electrons. The predicted molar refractivity (Wildman–Crippen MR) is 109 cm³/mol. The molecule has 1 fully saturated rings. The van der Waals surface area contributed by atoms with Crippen molar-refractivity contribution in [1.82, 2.24) is 5.32 Å². The molecule has 0 aromatic heterocycles. The lowest BCUT2D eigenvalue weighted by Gasteiger charge is -2.43. The number of halogens is 3. The molecular weight excluding hydrogens is 432 g/mol. The molecule has 1 amide bonds. The van der Waals surface area contributed by atoms with Crippen LogP contribution in [0.25, 0.3) is 0 Å². The average molecular weight is 454 g/mol. The molecule has 0 spiro atoms. The van der Waals surface area contributed by atoms with Gasteiger partial charge in [-0.15, -0.1) is 0 Å². The third kappa shape index (κ3) is 5.71. The van der Waals surface area contributed by atoms with Crippen molar-refractivity contribution in [2.75, 3.05) is 6.61 Å². The molecule has 2 N–H and O–H groups in total. The summed E-state index contributed by atoms with van der Waals surface area (Å²) in [6, 6.07) is 8.73. The normalized spacial score (nSPS) is 23.3. The molecule has 1 heterocycles. The van der Waals surface area contributed by atoms with Crippen molar-refractivity contribution in [2.24, 2.45) is 0 Å². The van der Waals surface area contributed by atoms with Crippen LogP contribution in [0.15, 0.2) is 36.4 Å². The number of aliphatic carboxylic acids is 1. The quantitative estimate of drug-likeness (QED) is 0.669. The number of ether oxygens (including phenoxy) is 2. The van der Waals surface area contributed by atoms with Crippen molar-refractivity contribution in [3.63, 3.8) is 0 Å². The third-order valence-electron chi connectivity index (χ3n) is 5.07. The first-order chi connectivity index (χ1) is 14.6. The molecule has 0 unspecified atom stereocenters. The second-order valence-electron chi connectivity index (χ2n) is 7.80. The fraction of sp³-hybridized carbons (Fsp3) is 0.364.